The van der Waals surface area contributed by atoms with Crippen LogP contribution >= 0.6 is 0 Å². The van der Waals surface area contributed by atoms with Crippen LogP contribution in [0.5, 0.6) is 0 Å². The average Bonchev–Trinajstić information content (AvgIpc) is 2.96. The summed E-state index contributed by atoms with van der Waals surface area (Å²) in [5.74, 6) is -1.33. The van der Waals surface area contributed by atoms with Crippen LogP contribution in [0.2, 0.25) is 0 Å². The molecule has 0 aliphatic carbocycles. The summed E-state index contributed by atoms with van der Waals surface area (Å²) in [6, 6.07) is 14.0. The van der Waals surface area contributed by atoms with Crippen LogP contribution in [-0.4, -0.2) is 22.4 Å². The normalized spacial score (nSPS) is 16.3. The smallest absolute Gasteiger partial charge is 0.335 e. The second kappa shape index (κ2) is 6.25. The fourth-order valence-corrected chi connectivity index (χ4v) is 3.33. The number of benzene rings is 2. The zero-order valence-electron chi connectivity index (χ0n) is 14.9. The van der Waals surface area contributed by atoms with E-state index in [0.29, 0.717) is 5.69 Å². The Morgan fingerprint density at radius 3 is 2.44 bits per heavy atom. The maximum Gasteiger partial charge on any atom is 0.335 e. The fraction of sp³-hybridized carbons (Fsp3) is 0.0952. The number of hydrogen-bond donors (Lipinski definition) is 1. The molecule has 1 aromatic heterocycles. The molecule has 0 spiro atoms. The van der Waals surface area contributed by atoms with Crippen LogP contribution in [0.4, 0.5) is 10.5 Å². The number of barbiturate groups is 1. The van der Waals surface area contributed by atoms with E-state index in [1.807, 2.05) is 48.1 Å². The molecule has 0 bridgehead atoms. The van der Waals surface area contributed by atoms with Gasteiger partial charge in [0.2, 0.25) is 0 Å². The van der Waals surface area contributed by atoms with Gasteiger partial charge in [-0.25, -0.2) is 9.69 Å². The van der Waals surface area contributed by atoms with Crippen molar-refractivity contribution in [3.63, 3.8) is 0 Å². The monoisotopic (exact) mass is 359 g/mol. The minimum Gasteiger partial charge on any atom is -0.350 e. The van der Waals surface area contributed by atoms with Crippen molar-refractivity contribution in [2.45, 2.75) is 6.92 Å². The molecule has 134 valence electrons. The first-order chi connectivity index (χ1) is 13.0. The molecule has 1 saturated heterocycles. The zero-order chi connectivity index (χ0) is 19.1. The Kier molecular flexibility index (Phi) is 3.88. The molecule has 1 aliphatic heterocycles. The number of nitrogens with one attached hydrogen (secondary N) is 1. The number of urea groups is 1. The standard InChI is InChI=1S/C21H17N3O3/c1-13-7-3-5-9-17(13)24-20(26)16(19(25)22-21(24)27)11-14-12-23(2)18-10-6-4-8-15(14)18/h3-12H,1-2H3,(H,22,25,27)/b16-11+. The molecule has 0 saturated carbocycles. The maximum atomic E-state index is 13.0. The van der Waals surface area contributed by atoms with Gasteiger partial charge in [-0.1, -0.05) is 36.4 Å². The SMILES string of the molecule is Cc1ccccc1N1C(=O)NC(=O)/C(=C\c2cn(C)c3ccccc23)C1=O. The van der Waals surface area contributed by atoms with E-state index in [1.165, 1.54) is 6.08 Å². The van der Waals surface area contributed by atoms with Gasteiger partial charge < -0.3 is 4.57 Å². The second-order valence-corrected chi connectivity index (χ2v) is 6.46. The van der Waals surface area contributed by atoms with Crippen LogP contribution < -0.4 is 10.2 Å². The lowest BCUT2D eigenvalue weighted by molar-refractivity contribution is -0.122. The summed E-state index contributed by atoms with van der Waals surface area (Å²) < 4.78 is 1.93. The van der Waals surface area contributed by atoms with Gasteiger partial charge in [-0.3, -0.25) is 14.9 Å². The highest BCUT2D eigenvalue weighted by Gasteiger charge is 2.37. The highest BCUT2D eigenvalue weighted by atomic mass is 16.2. The van der Waals surface area contributed by atoms with Crippen molar-refractivity contribution >= 4 is 40.5 Å². The number of nitrogens with zero attached hydrogens (tertiary/aromatic N) is 2. The van der Waals surface area contributed by atoms with E-state index in [-0.39, 0.29) is 5.57 Å². The predicted octanol–water partition coefficient (Wildman–Crippen LogP) is 3.15. The van der Waals surface area contributed by atoms with E-state index in [9.17, 15) is 14.4 Å². The summed E-state index contributed by atoms with van der Waals surface area (Å²) in [7, 11) is 1.90. The van der Waals surface area contributed by atoms with Gasteiger partial charge in [0.15, 0.2) is 0 Å². The molecule has 2 heterocycles. The molecule has 0 atom stereocenters. The molecular formula is C21H17N3O3. The Balaban J connectivity index is 1.83. The summed E-state index contributed by atoms with van der Waals surface area (Å²) in [6.07, 6.45) is 3.39. The van der Waals surface area contributed by atoms with Gasteiger partial charge >= 0.3 is 6.03 Å². The molecular weight excluding hydrogens is 342 g/mol. The number of aryl methyl sites for hydroxylation is 2. The lowest BCUT2D eigenvalue weighted by Gasteiger charge is -2.27. The third-order valence-corrected chi connectivity index (χ3v) is 4.69. The van der Waals surface area contributed by atoms with Crippen LogP contribution in [0.3, 0.4) is 0 Å². The number of imide groups is 2. The van der Waals surface area contributed by atoms with Gasteiger partial charge in [0.05, 0.1) is 5.69 Å². The minimum absolute atomic E-state index is 0.0748. The molecule has 3 aromatic rings. The number of anilines is 1. The molecule has 1 aliphatic rings. The van der Waals surface area contributed by atoms with Crippen molar-refractivity contribution in [3.05, 3.63) is 71.4 Å². The van der Waals surface area contributed by atoms with Gasteiger partial charge in [0.1, 0.15) is 5.57 Å². The predicted molar refractivity (Wildman–Crippen MR) is 103 cm³/mol. The number of aromatic nitrogens is 1. The Morgan fingerprint density at radius 1 is 0.963 bits per heavy atom. The summed E-state index contributed by atoms with van der Waals surface area (Å²) in [5, 5.41) is 3.19. The molecule has 0 unspecified atom stereocenters. The fourth-order valence-electron chi connectivity index (χ4n) is 3.33. The number of carbonyl (C=O) groups excluding carboxylic acids is 3. The third kappa shape index (κ3) is 2.71. The summed E-state index contributed by atoms with van der Waals surface area (Å²) in [4.78, 5) is 38.7. The van der Waals surface area contributed by atoms with E-state index in [0.717, 1.165) is 26.9 Å². The van der Waals surface area contributed by atoms with E-state index in [4.69, 9.17) is 0 Å². The summed E-state index contributed by atoms with van der Waals surface area (Å²) >= 11 is 0. The first-order valence-corrected chi connectivity index (χ1v) is 8.48. The van der Waals surface area contributed by atoms with Gasteiger partial charge in [-0.15, -0.1) is 0 Å². The number of carbonyl (C=O) groups is 3. The molecule has 2 aromatic carbocycles. The number of para-hydroxylation sites is 2. The molecule has 6 heteroatoms. The Bertz CT molecular complexity index is 1140. The minimum atomic E-state index is -0.741. The van der Waals surface area contributed by atoms with Gasteiger partial charge in [0.25, 0.3) is 11.8 Å². The largest absolute Gasteiger partial charge is 0.350 e. The first kappa shape index (κ1) is 16.8. The van der Waals surface area contributed by atoms with Crippen molar-refractivity contribution in [1.82, 2.24) is 9.88 Å². The van der Waals surface area contributed by atoms with E-state index < -0.39 is 17.8 Å². The van der Waals surface area contributed by atoms with E-state index >= 15 is 0 Å². The van der Waals surface area contributed by atoms with Crippen molar-refractivity contribution in [2.24, 2.45) is 7.05 Å². The molecule has 1 N–H and O–H groups in total. The second-order valence-electron chi connectivity index (χ2n) is 6.46. The van der Waals surface area contributed by atoms with Crippen LogP contribution in [0.1, 0.15) is 11.1 Å². The number of hydrogen-bond acceptors (Lipinski definition) is 3. The lowest BCUT2D eigenvalue weighted by Crippen LogP contribution is -2.54. The number of amides is 4. The van der Waals surface area contributed by atoms with Gasteiger partial charge in [0, 0.05) is 29.7 Å². The topological polar surface area (TPSA) is 71.4 Å². The summed E-state index contributed by atoms with van der Waals surface area (Å²) in [6.45, 7) is 1.81. The molecule has 1 fully saturated rings. The van der Waals surface area contributed by atoms with Crippen LogP contribution in [0.15, 0.2) is 60.3 Å². The Labute approximate surface area is 155 Å². The maximum absolute atomic E-state index is 13.0. The van der Waals surface area contributed by atoms with Crippen LogP contribution in [-0.2, 0) is 16.6 Å². The quantitative estimate of drug-likeness (QED) is 0.564. The molecule has 6 nitrogen and oxygen atoms in total. The third-order valence-electron chi connectivity index (χ3n) is 4.69. The van der Waals surface area contributed by atoms with Crippen LogP contribution in [0.25, 0.3) is 17.0 Å². The highest BCUT2D eigenvalue weighted by molar-refractivity contribution is 6.39. The van der Waals surface area contributed by atoms with Gasteiger partial charge in [-0.05, 0) is 30.7 Å². The first-order valence-electron chi connectivity index (χ1n) is 8.48. The molecule has 0 radical (unpaired) electrons. The zero-order valence-corrected chi connectivity index (χ0v) is 14.9. The number of rotatable bonds is 2. The molecule has 27 heavy (non-hydrogen) atoms. The van der Waals surface area contributed by atoms with Crippen molar-refractivity contribution in [1.29, 1.82) is 0 Å². The lowest BCUT2D eigenvalue weighted by atomic mass is 10.1. The van der Waals surface area contributed by atoms with Crippen molar-refractivity contribution in [3.8, 4) is 0 Å². The molecule has 4 amide bonds. The van der Waals surface area contributed by atoms with Crippen molar-refractivity contribution in [2.75, 3.05) is 4.90 Å². The number of fused-ring (bicyclic) bond motifs is 1. The Hall–Kier alpha value is -3.67. The molecule has 4 rings (SSSR count). The van der Waals surface area contributed by atoms with Gasteiger partial charge in [-0.2, -0.15) is 0 Å². The van der Waals surface area contributed by atoms with E-state index in [2.05, 4.69) is 5.32 Å². The van der Waals surface area contributed by atoms with E-state index in [1.54, 1.807) is 25.1 Å². The Morgan fingerprint density at radius 2 is 1.67 bits per heavy atom. The summed E-state index contributed by atoms with van der Waals surface area (Å²) in [5.41, 5.74) is 2.87. The van der Waals surface area contributed by atoms with Crippen molar-refractivity contribution < 1.29 is 14.4 Å². The highest BCUT2D eigenvalue weighted by Crippen LogP contribution is 2.27. The average molecular weight is 359 g/mol. The van der Waals surface area contributed by atoms with Crippen LogP contribution in [0, 0.1) is 6.92 Å².